The first-order chi connectivity index (χ1) is 33.2. The molecule has 0 unspecified atom stereocenters. The van der Waals surface area contributed by atoms with Gasteiger partial charge in [0.25, 0.3) is 0 Å². The highest BCUT2D eigenvalue weighted by molar-refractivity contribution is 6.28. The lowest BCUT2D eigenvalue weighted by atomic mass is 9.84. The normalized spacial score (nSPS) is 12.2. The number of allylic oxidation sites excluding steroid dienone is 1. The lowest BCUT2D eigenvalue weighted by Gasteiger charge is -2.19. The van der Waals surface area contributed by atoms with Crippen molar-refractivity contribution < 1.29 is 0 Å². The number of nitrogens with zero attached hydrogens (tertiary/aromatic N) is 2. The fourth-order valence-electron chi connectivity index (χ4n) is 10.3. The first-order valence-corrected chi connectivity index (χ1v) is 23.0. The van der Waals surface area contributed by atoms with Crippen LogP contribution in [0.2, 0.25) is 0 Å². The molecule has 0 saturated heterocycles. The molecule has 0 amide bonds. The minimum atomic E-state index is 0.475. The number of amidine groups is 1. The molecule has 67 heavy (non-hydrogen) atoms. The molecule has 0 fully saturated rings. The molecule has 3 nitrogen and oxygen atoms in total. The molecule has 0 atom stereocenters. The van der Waals surface area contributed by atoms with Crippen LogP contribution in [0.25, 0.3) is 98.9 Å². The zero-order valence-electron chi connectivity index (χ0n) is 36.9. The van der Waals surface area contributed by atoms with Crippen molar-refractivity contribution >= 4 is 65.7 Å². The minimum Gasteiger partial charge on any atom is -0.383 e. The summed E-state index contributed by atoms with van der Waals surface area (Å²) >= 11 is 0. The second-order valence-corrected chi connectivity index (χ2v) is 17.1. The largest absolute Gasteiger partial charge is 0.383 e. The van der Waals surface area contributed by atoms with Gasteiger partial charge in [-0.05, 0) is 108 Å². The number of nitrogens with two attached hydrogens (primary N) is 1. The van der Waals surface area contributed by atoms with Crippen molar-refractivity contribution in [3.63, 3.8) is 0 Å². The van der Waals surface area contributed by atoms with Crippen LogP contribution in [0.4, 0.5) is 0 Å². The van der Waals surface area contributed by atoms with Crippen molar-refractivity contribution in [3.05, 3.63) is 265 Å². The highest BCUT2D eigenvalue weighted by Crippen LogP contribution is 2.46. The first-order valence-electron chi connectivity index (χ1n) is 23.0. The molecular formula is C64H45N3. The molecule has 0 bridgehead atoms. The van der Waals surface area contributed by atoms with Crippen molar-refractivity contribution in [2.24, 2.45) is 10.7 Å². The van der Waals surface area contributed by atoms with Crippen molar-refractivity contribution in [1.29, 1.82) is 0 Å². The van der Waals surface area contributed by atoms with Gasteiger partial charge in [0.2, 0.25) is 0 Å². The van der Waals surface area contributed by atoms with Gasteiger partial charge in [0.1, 0.15) is 5.84 Å². The molecule has 0 saturated carbocycles. The Morgan fingerprint density at radius 3 is 1.76 bits per heavy atom. The SMILES string of the molecule is NC(=N/C(=C\Cc1ccccc1-c1cccc2c1c1ccccc1n2-c1ccccc1)c1ccc(-c2c3ccccc3c(-c3ccccc3)c3ccc4ccccc4c23)cc1)c1ccccc1. The Morgan fingerprint density at radius 1 is 0.403 bits per heavy atom. The third-order valence-electron chi connectivity index (χ3n) is 13.3. The number of hydrogen-bond acceptors (Lipinski definition) is 1. The topological polar surface area (TPSA) is 43.3 Å². The second kappa shape index (κ2) is 17.0. The third kappa shape index (κ3) is 7.06. The summed E-state index contributed by atoms with van der Waals surface area (Å²) in [6.07, 6.45) is 2.89. The number of hydrogen-bond donors (Lipinski definition) is 1. The smallest absolute Gasteiger partial charge is 0.131 e. The van der Waals surface area contributed by atoms with E-state index in [-0.39, 0.29) is 0 Å². The first kappa shape index (κ1) is 39.8. The van der Waals surface area contributed by atoms with Crippen LogP contribution in [-0.2, 0) is 6.42 Å². The standard InChI is InChI=1S/C64H45N3/c65-64(48-23-6-2-7-24-48)66-57(42-40-43-19-10-12-27-50(43)52-32-18-34-59-62(52)55-31-16-17-33-58(55)67(59)49-25-8-3-9-26-49)45-35-37-47(38-36-45)61-54-30-15-14-29-53(54)60(46-21-4-1-5-22-46)56-41-39-44-20-11-13-28-51(44)63(56)61/h1-39,41-42H,40H2,(H2,65,66)/b57-42-. The molecule has 11 aromatic carbocycles. The molecular weight excluding hydrogens is 811 g/mol. The van der Waals surface area contributed by atoms with Crippen LogP contribution in [-0.4, -0.2) is 10.4 Å². The number of benzene rings is 11. The van der Waals surface area contributed by atoms with Gasteiger partial charge in [-0.3, -0.25) is 0 Å². The van der Waals surface area contributed by atoms with Crippen molar-refractivity contribution in [2.45, 2.75) is 6.42 Å². The molecule has 0 aliphatic carbocycles. The average Bonchev–Trinajstić information content (AvgIpc) is 3.74. The van der Waals surface area contributed by atoms with E-state index in [1.165, 1.54) is 87.5 Å². The van der Waals surface area contributed by atoms with Crippen LogP contribution in [0, 0.1) is 0 Å². The summed E-state index contributed by atoms with van der Waals surface area (Å²) in [4.78, 5) is 5.20. The summed E-state index contributed by atoms with van der Waals surface area (Å²) in [6, 6.07) is 86.8. The lowest BCUT2D eigenvalue weighted by molar-refractivity contribution is 1.18. The minimum absolute atomic E-state index is 0.475. The van der Waals surface area contributed by atoms with E-state index in [1.807, 2.05) is 30.3 Å². The monoisotopic (exact) mass is 855 g/mol. The summed E-state index contributed by atoms with van der Waals surface area (Å²) in [7, 11) is 0. The van der Waals surface area contributed by atoms with E-state index in [1.54, 1.807) is 0 Å². The maximum Gasteiger partial charge on any atom is 0.131 e. The Balaban J connectivity index is 1.01. The van der Waals surface area contributed by atoms with E-state index in [2.05, 4.69) is 223 Å². The van der Waals surface area contributed by atoms with Gasteiger partial charge in [-0.1, -0.05) is 224 Å². The predicted molar refractivity (Wildman–Crippen MR) is 285 cm³/mol. The number of aliphatic imine (C=N–C) groups is 1. The summed E-state index contributed by atoms with van der Waals surface area (Å²) in [5.41, 5.74) is 21.5. The van der Waals surface area contributed by atoms with Crippen molar-refractivity contribution in [1.82, 2.24) is 4.57 Å². The predicted octanol–water partition coefficient (Wildman–Crippen LogP) is 16.2. The van der Waals surface area contributed by atoms with E-state index in [9.17, 15) is 0 Å². The van der Waals surface area contributed by atoms with Crippen LogP contribution in [0.3, 0.4) is 0 Å². The van der Waals surface area contributed by atoms with Gasteiger partial charge in [0.15, 0.2) is 0 Å². The quantitative estimate of drug-likeness (QED) is 0.0668. The number of para-hydroxylation sites is 2. The Hall–Kier alpha value is -8.79. The Labute approximate surface area is 390 Å². The van der Waals surface area contributed by atoms with Gasteiger partial charge >= 0.3 is 0 Å². The van der Waals surface area contributed by atoms with Crippen LogP contribution >= 0.6 is 0 Å². The number of fused-ring (bicyclic) bond motifs is 7. The van der Waals surface area contributed by atoms with Crippen LogP contribution in [0.5, 0.6) is 0 Å². The highest BCUT2D eigenvalue weighted by atomic mass is 15.0. The van der Waals surface area contributed by atoms with E-state index in [0.29, 0.717) is 12.3 Å². The molecule has 1 aromatic heterocycles. The molecule has 12 rings (SSSR count). The molecule has 3 heteroatoms. The highest BCUT2D eigenvalue weighted by Gasteiger charge is 2.20. The molecule has 0 radical (unpaired) electrons. The van der Waals surface area contributed by atoms with E-state index in [4.69, 9.17) is 10.7 Å². The van der Waals surface area contributed by atoms with Crippen molar-refractivity contribution in [2.75, 3.05) is 0 Å². The number of aromatic nitrogens is 1. The van der Waals surface area contributed by atoms with Crippen molar-refractivity contribution in [3.8, 4) is 39.1 Å². The molecule has 0 spiro atoms. The molecule has 1 heterocycles. The Bertz CT molecular complexity index is 3860. The summed E-state index contributed by atoms with van der Waals surface area (Å²) in [5.74, 6) is 0.475. The van der Waals surface area contributed by atoms with E-state index >= 15 is 0 Å². The zero-order chi connectivity index (χ0) is 44.7. The van der Waals surface area contributed by atoms with Gasteiger partial charge in [0.05, 0.1) is 16.7 Å². The second-order valence-electron chi connectivity index (χ2n) is 17.1. The molecule has 12 aromatic rings. The van der Waals surface area contributed by atoms with Gasteiger partial charge in [-0.25, -0.2) is 4.99 Å². The van der Waals surface area contributed by atoms with Crippen LogP contribution in [0.1, 0.15) is 16.7 Å². The van der Waals surface area contributed by atoms with Gasteiger partial charge in [0, 0.05) is 22.0 Å². The fourth-order valence-corrected chi connectivity index (χ4v) is 10.3. The van der Waals surface area contributed by atoms with Crippen LogP contribution < -0.4 is 5.73 Å². The van der Waals surface area contributed by atoms with Gasteiger partial charge in [-0.2, -0.15) is 0 Å². The molecule has 2 N–H and O–H groups in total. The average molecular weight is 856 g/mol. The van der Waals surface area contributed by atoms with Gasteiger partial charge < -0.3 is 10.3 Å². The summed E-state index contributed by atoms with van der Waals surface area (Å²) < 4.78 is 2.38. The summed E-state index contributed by atoms with van der Waals surface area (Å²) in [5, 5.41) is 9.87. The van der Waals surface area contributed by atoms with Gasteiger partial charge in [-0.15, -0.1) is 0 Å². The molecule has 0 aliphatic heterocycles. The maximum absolute atomic E-state index is 6.86. The third-order valence-corrected chi connectivity index (χ3v) is 13.3. The Morgan fingerprint density at radius 2 is 0.985 bits per heavy atom. The van der Waals surface area contributed by atoms with Crippen LogP contribution in [0.15, 0.2) is 254 Å². The zero-order valence-corrected chi connectivity index (χ0v) is 36.9. The Kier molecular flexibility index (Phi) is 10.1. The molecule has 0 aliphatic rings. The number of rotatable bonds is 9. The van der Waals surface area contributed by atoms with E-state index in [0.717, 1.165) is 28.1 Å². The molecule has 316 valence electrons. The maximum atomic E-state index is 6.86. The van der Waals surface area contributed by atoms with E-state index < -0.39 is 0 Å². The lowest BCUT2D eigenvalue weighted by Crippen LogP contribution is -2.13. The fraction of sp³-hybridized carbons (Fsp3) is 0.0156. The summed E-state index contributed by atoms with van der Waals surface area (Å²) in [6.45, 7) is 0.